The van der Waals surface area contributed by atoms with Crippen LogP contribution in [0.5, 0.6) is 0 Å². The lowest BCUT2D eigenvalue weighted by atomic mass is 10.1. The fourth-order valence-electron chi connectivity index (χ4n) is 1.32. The molecule has 86 valence electrons. The molecule has 4 heteroatoms. The molecule has 0 aromatic heterocycles. The van der Waals surface area contributed by atoms with Gasteiger partial charge in [-0.25, -0.2) is 0 Å². The maximum absolute atomic E-state index is 11.6. The molecule has 1 aromatic carbocycles. The zero-order chi connectivity index (χ0) is 12.1. The molecular formula is C12H16N2OS. The number of hydrogen-bond donors (Lipinski definition) is 2. The highest BCUT2D eigenvalue weighted by Gasteiger charge is 2.06. The van der Waals surface area contributed by atoms with Crippen molar-refractivity contribution in [2.75, 3.05) is 0 Å². The maximum Gasteiger partial charge on any atom is 0.251 e. The summed E-state index contributed by atoms with van der Waals surface area (Å²) in [5.41, 5.74) is 7.12. The molecule has 0 bridgehead atoms. The van der Waals surface area contributed by atoms with Crippen LogP contribution < -0.4 is 11.1 Å². The lowest BCUT2D eigenvalue weighted by Gasteiger charge is -2.08. The monoisotopic (exact) mass is 236 g/mol. The van der Waals surface area contributed by atoms with Gasteiger partial charge >= 0.3 is 0 Å². The standard InChI is InChI=1S/C12H16N2OS/c1-8(2)14-12(15)10-5-3-9(4-6-10)7-11(13)16/h3-6,8H,7H2,1-2H3,(H2,13,16)(H,14,15). The summed E-state index contributed by atoms with van der Waals surface area (Å²) < 4.78 is 0. The van der Waals surface area contributed by atoms with E-state index in [1.54, 1.807) is 12.1 Å². The van der Waals surface area contributed by atoms with E-state index in [1.165, 1.54) is 0 Å². The summed E-state index contributed by atoms with van der Waals surface area (Å²) in [5.74, 6) is -0.0584. The second kappa shape index (κ2) is 5.61. The van der Waals surface area contributed by atoms with Crippen LogP contribution in [-0.4, -0.2) is 16.9 Å². The van der Waals surface area contributed by atoms with Crippen LogP contribution in [0.1, 0.15) is 29.8 Å². The molecule has 16 heavy (non-hydrogen) atoms. The highest BCUT2D eigenvalue weighted by atomic mass is 32.1. The number of benzene rings is 1. The number of thiocarbonyl (C=S) groups is 1. The second-order valence-corrected chi connectivity index (χ2v) is 4.49. The minimum atomic E-state index is -0.0584. The molecule has 0 aliphatic rings. The summed E-state index contributed by atoms with van der Waals surface area (Å²) in [5, 5.41) is 2.83. The van der Waals surface area contributed by atoms with Gasteiger partial charge < -0.3 is 11.1 Å². The summed E-state index contributed by atoms with van der Waals surface area (Å²) in [7, 11) is 0. The molecule has 0 aliphatic heterocycles. The van der Waals surface area contributed by atoms with Gasteiger partial charge in [0.25, 0.3) is 5.91 Å². The Bertz CT molecular complexity index is 385. The smallest absolute Gasteiger partial charge is 0.251 e. The second-order valence-electron chi connectivity index (χ2n) is 3.97. The van der Waals surface area contributed by atoms with Gasteiger partial charge in [0, 0.05) is 18.0 Å². The van der Waals surface area contributed by atoms with Crippen molar-refractivity contribution in [2.45, 2.75) is 26.3 Å². The lowest BCUT2D eigenvalue weighted by Crippen LogP contribution is -2.30. The van der Waals surface area contributed by atoms with Crippen LogP contribution in [0.15, 0.2) is 24.3 Å². The Morgan fingerprint density at radius 3 is 2.38 bits per heavy atom. The molecule has 3 nitrogen and oxygen atoms in total. The van der Waals surface area contributed by atoms with E-state index in [4.69, 9.17) is 18.0 Å². The predicted molar refractivity (Wildman–Crippen MR) is 69.5 cm³/mol. The molecule has 0 saturated heterocycles. The first-order valence-electron chi connectivity index (χ1n) is 5.17. The van der Waals surface area contributed by atoms with Crippen LogP contribution in [0.4, 0.5) is 0 Å². The summed E-state index contributed by atoms with van der Waals surface area (Å²) in [6, 6.07) is 7.45. The first-order chi connectivity index (χ1) is 7.49. The number of carbonyl (C=O) groups is 1. The number of hydrogen-bond acceptors (Lipinski definition) is 2. The number of carbonyl (C=O) groups excluding carboxylic acids is 1. The van der Waals surface area contributed by atoms with E-state index >= 15 is 0 Å². The quantitative estimate of drug-likeness (QED) is 0.782. The molecule has 0 heterocycles. The van der Waals surface area contributed by atoms with Crippen molar-refractivity contribution in [1.29, 1.82) is 0 Å². The molecule has 0 unspecified atom stereocenters. The molecule has 0 aliphatic carbocycles. The van der Waals surface area contributed by atoms with Crippen molar-refractivity contribution < 1.29 is 4.79 Å². The minimum Gasteiger partial charge on any atom is -0.393 e. The summed E-state index contributed by atoms with van der Waals surface area (Å²) in [6.07, 6.45) is 0.571. The zero-order valence-electron chi connectivity index (χ0n) is 9.49. The van der Waals surface area contributed by atoms with E-state index < -0.39 is 0 Å². The SMILES string of the molecule is CC(C)NC(=O)c1ccc(CC(N)=S)cc1. The van der Waals surface area contributed by atoms with Gasteiger partial charge in [0.1, 0.15) is 0 Å². The van der Waals surface area contributed by atoms with Gasteiger partial charge in [-0.15, -0.1) is 0 Å². The van der Waals surface area contributed by atoms with Crippen LogP contribution in [0.3, 0.4) is 0 Å². The van der Waals surface area contributed by atoms with Gasteiger partial charge in [-0.05, 0) is 31.5 Å². The molecule has 1 amide bonds. The van der Waals surface area contributed by atoms with E-state index in [0.717, 1.165) is 5.56 Å². The van der Waals surface area contributed by atoms with Crippen molar-refractivity contribution >= 4 is 23.1 Å². The van der Waals surface area contributed by atoms with Crippen LogP contribution in [0.25, 0.3) is 0 Å². The zero-order valence-corrected chi connectivity index (χ0v) is 10.3. The van der Waals surface area contributed by atoms with Gasteiger partial charge in [0.2, 0.25) is 0 Å². The Labute approximate surface area is 101 Å². The largest absolute Gasteiger partial charge is 0.393 e. The topological polar surface area (TPSA) is 55.1 Å². The van der Waals surface area contributed by atoms with Crippen molar-refractivity contribution in [2.24, 2.45) is 5.73 Å². The van der Waals surface area contributed by atoms with Crippen LogP contribution in [-0.2, 0) is 6.42 Å². The molecule has 0 fully saturated rings. The van der Waals surface area contributed by atoms with Gasteiger partial charge in [0.05, 0.1) is 4.99 Å². The van der Waals surface area contributed by atoms with Gasteiger partial charge in [0.15, 0.2) is 0 Å². The predicted octanol–water partition coefficient (Wildman–Crippen LogP) is 1.65. The molecule has 0 atom stereocenters. The summed E-state index contributed by atoms with van der Waals surface area (Å²) in [4.78, 5) is 12.1. The first-order valence-corrected chi connectivity index (χ1v) is 5.58. The third-order valence-electron chi connectivity index (χ3n) is 2.01. The van der Waals surface area contributed by atoms with Gasteiger partial charge in [-0.3, -0.25) is 4.79 Å². The lowest BCUT2D eigenvalue weighted by molar-refractivity contribution is 0.0943. The molecular weight excluding hydrogens is 220 g/mol. The van der Waals surface area contributed by atoms with Crippen molar-refractivity contribution in [1.82, 2.24) is 5.32 Å². The normalized spacial score (nSPS) is 10.2. The van der Waals surface area contributed by atoms with E-state index in [0.29, 0.717) is 17.0 Å². The summed E-state index contributed by atoms with van der Waals surface area (Å²) in [6.45, 7) is 3.86. The fourth-order valence-corrected chi connectivity index (χ4v) is 1.49. The van der Waals surface area contributed by atoms with Gasteiger partial charge in [-0.1, -0.05) is 24.4 Å². The van der Waals surface area contributed by atoms with E-state index in [2.05, 4.69) is 5.32 Å². The van der Waals surface area contributed by atoms with Crippen molar-refractivity contribution in [3.05, 3.63) is 35.4 Å². The van der Waals surface area contributed by atoms with Crippen molar-refractivity contribution in [3.8, 4) is 0 Å². The molecule has 0 saturated carbocycles. The average Bonchev–Trinajstić information content (AvgIpc) is 2.16. The Morgan fingerprint density at radius 2 is 1.94 bits per heavy atom. The molecule has 1 aromatic rings. The number of nitrogens with two attached hydrogens (primary N) is 1. The van der Waals surface area contributed by atoms with Gasteiger partial charge in [-0.2, -0.15) is 0 Å². The average molecular weight is 236 g/mol. The first kappa shape index (κ1) is 12.6. The molecule has 1 rings (SSSR count). The van der Waals surface area contributed by atoms with E-state index in [-0.39, 0.29) is 11.9 Å². The Kier molecular flexibility index (Phi) is 4.43. The Morgan fingerprint density at radius 1 is 1.38 bits per heavy atom. The highest BCUT2D eigenvalue weighted by Crippen LogP contribution is 2.05. The fraction of sp³-hybridized carbons (Fsp3) is 0.333. The van der Waals surface area contributed by atoms with Crippen LogP contribution >= 0.6 is 12.2 Å². The van der Waals surface area contributed by atoms with Crippen LogP contribution in [0, 0.1) is 0 Å². The minimum absolute atomic E-state index is 0.0584. The number of rotatable bonds is 4. The molecule has 3 N–H and O–H groups in total. The van der Waals surface area contributed by atoms with E-state index in [9.17, 15) is 4.79 Å². The maximum atomic E-state index is 11.6. The molecule has 0 spiro atoms. The number of nitrogens with one attached hydrogen (secondary N) is 1. The highest BCUT2D eigenvalue weighted by molar-refractivity contribution is 7.80. The Hall–Kier alpha value is -1.42. The van der Waals surface area contributed by atoms with E-state index in [1.807, 2.05) is 26.0 Å². The molecule has 0 radical (unpaired) electrons. The third-order valence-corrected chi connectivity index (χ3v) is 2.16. The number of amides is 1. The third kappa shape index (κ3) is 3.98. The van der Waals surface area contributed by atoms with Crippen molar-refractivity contribution in [3.63, 3.8) is 0 Å². The Balaban J connectivity index is 2.71. The van der Waals surface area contributed by atoms with Crippen LogP contribution in [0.2, 0.25) is 0 Å². The summed E-state index contributed by atoms with van der Waals surface area (Å²) >= 11 is 4.82.